The van der Waals surface area contributed by atoms with E-state index in [1.165, 1.54) is 30.5 Å². The monoisotopic (exact) mass is 244 g/mol. The molecule has 0 bridgehead atoms. The van der Waals surface area contributed by atoms with Gasteiger partial charge in [0.25, 0.3) is 0 Å². The summed E-state index contributed by atoms with van der Waals surface area (Å²) in [6.45, 7) is 10.6. The van der Waals surface area contributed by atoms with E-state index in [0.717, 1.165) is 25.7 Å². The van der Waals surface area contributed by atoms with Gasteiger partial charge in [0.05, 0.1) is 0 Å². The van der Waals surface area contributed by atoms with Crippen molar-refractivity contribution in [2.45, 2.75) is 25.8 Å². The van der Waals surface area contributed by atoms with Gasteiger partial charge < -0.3 is 5.32 Å². The quantitative estimate of drug-likeness (QED) is 0.707. The molecule has 1 saturated carbocycles. The van der Waals surface area contributed by atoms with Gasteiger partial charge in [0.2, 0.25) is 0 Å². The van der Waals surface area contributed by atoms with Crippen molar-refractivity contribution in [1.29, 1.82) is 0 Å². The number of hydrogen-bond donors (Lipinski definition) is 1. The van der Waals surface area contributed by atoms with Gasteiger partial charge in [-0.3, -0.25) is 4.90 Å². The topological polar surface area (TPSA) is 15.3 Å². The number of nitrogens with zero attached hydrogens (tertiary/aromatic N) is 1. The lowest BCUT2D eigenvalue weighted by Crippen LogP contribution is -2.34. The van der Waals surface area contributed by atoms with Crippen LogP contribution in [0.4, 0.5) is 0 Å². The van der Waals surface area contributed by atoms with Crippen LogP contribution >= 0.6 is 0 Å². The molecule has 2 rings (SSSR count). The normalized spacial score (nSPS) is 15.0. The molecule has 0 radical (unpaired) electrons. The van der Waals surface area contributed by atoms with Crippen molar-refractivity contribution in [2.75, 3.05) is 26.2 Å². The van der Waals surface area contributed by atoms with Crippen molar-refractivity contribution in [1.82, 2.24) is 10.2 Å². The summed E-state index contributed by atoms with van der Waals surface area (Å²) in [5.74, 6) is 0. The molecule has 0 aromatic heterocycles. The highest BCUT2D eigenvalue weighted by molar-refractivity contribution is 5.64. The first-order chi connectivity index (χ1) is 8.81. The van der Waals surface area contributed by atoms with E-state index in [4.69, 9.17) is 0 Å². The summed E-state index contributed by atoms with van der Waals surface area (Å²) in [6.07, 6.45) is 2.79. The second-order valence-electron chi connectivity index (χ2n) is 5.01. The van der Waals surface area contributed by atoms with Crippen LogP contribution in [0.5, 0.6) is 0 Å². The summed E-state index contributed by atoms with van der Waals surface area (Å²) in [4.78, 5) is 2.57. The van der Waals surface area contributed by atoms with Gasteiger partial charge in [0.1, 0.15) is 0 Å². The van der Waals surface area contributed by atoms with Crippen molar-refractivity contribution < 1.29 is 0 Å². The maximum Gasteiger partial charge on any atom is 0.0206 e. The average molecular weight is 244 g/mol. The largest absolute Gasteiger partial charge is 0.311 e. The van der Waals surface area contributed by atoms with E-state index in [2.05, 4.69) is 48.0 Å². The van der Waals surface area contributed by atoms with E-state index >= 15 is 0 Å². The predicted molar refractivity (Wildman–Crippen MR) is 78.6 cm³/mol. The van der Waals surface area contributed by atoms with E-state index < -0.39 is 0 Å². The van der Waals surface area contributed by atoms with Gasteiger partial charge in [-0.1, -0.05) is 43.8 Å². The lowest BCUT2D eigenvalue weighted by atomic mass is 10.1. The van der Waals surface area contributed by atoms with E-state index in [1.54, 1.807) is 0 Å². The van der Waals surface area contributed by atoms with Crippen LogP contribution in [0.25, 0.3) is 5.57 Å². The van der Waals surface area contributed by atoms with Crippen LogP contribution in [0.1, 0.15) is 25.3 Å². The fourth-order valence-corrected chi connectivity index (χ4v) is 2.28. The molecule has 2 heteroatoms. The maximum atomic E-state index is 4.13. The zero-order valence-corrected chi connectivity index (χ0v) is 11.4. The Labute approximate surface area is 111 Å². The van der Waals surface area contributed by atoms with Crippen LogP contribution < -0.4 is 5.32 Å². The molecule has 1 N–H and O–H groups in total. The highest BCUT2D eigenvalue weighted by Crippen LogP contribution is 2.25. The second-order valence-corrected chi connectivity index (χ2v) is 5.01. The molecular weight excluding hydrogens is 220 g/mol. The Morgan fingerprint density at radius 1 is 1.33 bits per heavy atom. The predicted octanol–water partition coefficient (Wildman–Crippen LogP) is 2.77. The standard InChI is InChI=1S/C16H24N2/c1-3-18(16-9-10-16)12-11-17-13-14(2)15-7-5-4-6-8-15/h4-8,16-17H,2-3,9-13H2,1H3. The number of hydrogen-bond acceptors (Lipinski definition) is 2. The Bertz CT molecular complexity index is 368. The molecule has 1 aliphatic carbocycles. The van der Waals surface area contributed by atoms with E-state index in [9.17, 15) is 0 Å². The third-order valence-corrected chi connectivity index (χ3v) is 3.57. The lowest BCUT2D eigenvalue weighted by Gasteiger charge is -2.20. The third-order valence-electron chi connectivity index (χ3n) is 3.57. The second kappa shape index (κ2) is 6.72. The summed E-state index contributed by atoms with van der Waals surface area (Å²) >= 11 is 0. The molecule has 0 spiro atoms. The van der Waals surface area contributed by atoms with Crippen molar-refractivity contribution in [3.63, 3.8) is 0 Å². The Morgan fingerprint density at radius 2 is 2.06 bits per heavy atom. The van der Waals surface area contributed by atoms with Crippen LogP contribution in [-0.4, -0.2) is 37.1 Å². The zero-order valence-electron chi connectivity index (χ0n) is 11.4. The Balaban J connectivity index is 1.64. The van der Waals surface area contributed by atoms with Crippen molar-refractivity contribution >= 4 is 5.57 Å². The minimum atomic E-state index is 0.870. The fourth-order valence-electron chi connectivity index (χ4n) is 2.28. The molecule has 0 atom stereocenters. The van der Waals surface area contributed by atoms with Crippen LogP contribution in [0.2, 0.25) is 0 Å². The van der Waals surface area contributed by atoms with Gasteiger partial charge in [-0.15, -0.1) is 0 Å². The molecule has 1 aliphatic rings. The maximum absolute atomic E-state index is 4.13. The first kappa shape index (κ1) is 13.3. The average Bonchev–Trinajstić information content (AvgIpc) is 3.24. The molecule has 1 aromatic carbocycles. The molecule has 98 valence electrons. The highest BCUT2D eigenvalue weighted by atomic mass is 15.2. The summed E-state index contributed by atoms with van der Waals surface area (Å²) in [6, 6.07) is 11.3. The SMILES string of the molecule is C=C(CNCCN(CC)C1CC1)c1ccccc1. The molecule has 0 saturated heterocycles. The molecule has 1 aromatic rings. The molecule has 0 aliphatic heterocycles. The minimum Gasteiger partial charge on any atom is -0.311 e. The van der Waals surface area contributed by atoms with Gasteiger partial charge in [0.15, 0.2) is 0 Å². The van der Waals surface area contributed by atoms with Gasteiger partial charge in [0, 0.05) is 25.7 Å². The lowest BCUT2D eigenvalue weighted by molar-refractivity contribution is 0.279. The van der Waals surface area contributed by atoms with Crippen molar-refractivity contribution in [3.05, 3.63) is 42.5 Å². The fraction of sp³-hybridized carbons (Fsp3) is 0.500. The Kier molecular flexibility index (Phi) is 4.97. The van der Waals surface area contributed by atoms with E-state index in [1.807, 2.05) is 6.07 Å². The Hall–Kier alpha value is -1.12. The summed E-state index contributed by atoms with van der Waals surface area (Å²) in [5.41, 5.74) is 2.41. The number of rotatable bonds is 8. The van der Waals surface area contributed by atoms with Crippen LogP contribution in [-0.2, 0) is 0 Å². The molecule has 0 amide bonds. The number of likely N-dealkylation sites (N-methyl/N-ethyl adjacent to an activating group) is 1. The highest BCUT2D eigenvalue weighted by Gasteiger charge is 2.26. The smallest absolute Gasteiger partial charge is 0.0206 e. The minimum absolute atomic E-state index is 0.870. The van der Waals surface area contributed by atoms with Gasteiger partial charge in [-0.05, 0) is 30.5 Å². The van der Waals surface area contributed by atoms with E-state index in [-0.39, 0.29) is 0 Å². The van der Waals surface area contributed by atoms with Crippen LogP contribution in [0.3, 0.4) is 0 Å². The van der Waals surface area contributed by atoms with Crippen molar-refractivity contribution in [3.8, 4) is 0 Å². The summed E-state index contributed by atoms with van der Waals surface area (Å²) in [5, 5.41) is 3.49. The molecule has 18 heavy (non-hydrogen) atoms. The number of benzene rings is 1. The van der Waals surface area contributed by atoms with Gasteiger partial charge >= 0.3 is 0 Å². The van der Waals surface area contributed by atoms with Gasteiger partial charge in [-0.25, -0.2) is 0 Å². The third kappa shape index (κ3) is 3.97. The molecule has 2 nitrogen and oxygen atoms in total. The zero-order chi connectivity index (χ0) is 12.8. The first-order valence-electron chi connectivity index (χ1n) is 6.99. The molecule has 0 unspecified atom stereocenters. The number of nitrogens with one attached hydrogen (secondary N) is 1. The molecule has 1 fully saturated rings. The summed E-state index contributed by atoms with van der Waals surface area (Å²) in [7, 11) is 0. The van der Waals surface area contributed by atoms with Gasteiger partial charge in [-0.2, -0.15) is 0 Å². The van der Waals surface area contributed by atoms with Crippen LogP contribution in [0.15, 0.2) is 36.9 Å². The van der Waals surface area contributed by atoms with E-state index in [0.29, 0.717) is 0 Å². The van der Waals surface area contributed by atoms with Crippen LogP contribution in [0, 0.1) is 0 Å². The molecular formula is C16H24N2. The first-order valence-corrected chi connectivity index (χ1v) is 6.99. The summed E-state index contributed by atoms with van der Waals surface area (Å²) < 4.78 is 0. The van der Waals surface area contributed by atoms with Crippen molar-refractivity contribution in [2.24, 2.45) is 0 Å². The Morgan fingerprint density at radius 3 is 2.67 bits per heavy atom. The molecule has 0 heterocycles.